The first-order valence-corrected chi connectivity index (χ1v) is 6.35. The molecule has 0 saturated heterocycles. The average molecular weight is 260 g/mol. The standard InChI is InChI=1S/C12H16N6O/c1-4-17-5-6-18-10(13-14-11(18)12(17)19)9-7-8(2)15-16(9)3/h7H,4-6H2,1-3H3. The maximum absolute atomic E-state index is 12.2. The topological polar surface area (TPSA) is 68.8 Å². The second-order valence-electron chi connectivity index (χ2n) is 4.68. The fraction of sp³-hybridized carbons (Fsp3) is 0.500. The van der Waals surface area contributed by atoms with E-state index in [4.69, 9.17) is 0 Å². The van der Waals surface area contributed by atoms with Crippen LogP contribution in [0, 0.1) is 6.92 Å². The van der Waals surface area contributed by atoms with E-state index in [1.807, 2.05) is 31.5 Å². The Bertz CT molecular complexity index is 641. The third kappa shape index (κ3) is 1.73. The van der Waals surface area contributed by atoms with Crippen molar-refractivity contribution in [1.29, 1.82) is 0 Å². The highest BCUT2D eigenvalue weighted by atomic mass is 16.2. The van der Waals surface area contributed by atoms with Crippen LogP contribution in [0.2, 0.25) is 0 Å². The minimum Gasteiger partial charge on any atom is -0.334 e. The van der Waals surface area contributed by atoms with E-state index in [0.29, 0.717) is 24.7 Å². The summed E-state index contributed by atoms with van der Waals surface area (Å²) in [6.07, 6.45) is 0. The van der Waals surface area contributed by atoms with Gasteiger partial charge in [-0.25, -0.2) is 0 Å². The van der Waals surface area contributed by atoms with Gasteiger partial charge in [-0.05, 0) is 19.9 Å². The number of carbonyl (C=O) groups is 1. The normalized spacial score (nSPS) is 14.9. The van der Waals surface area contributed by atoms with Gasteiger partial charge in [0, 0.05) is 26.7 Å². The highest BCUT2D eigenvalue weighted by molar-refractivity contribution is 5.92. The van der Waals surface area contributed by atoms with Crippen molar-refractivity contribution in [3.8, 4) is 11.5 Å². The number of rotatable bonds is 2. The molecule has 1 aliphatic rings. The van der Waals surface area contributed by atoms with Crippen molar-refractivity contribution in [3.05, 3.63) is 17.6 Å². The van der Waals surface area contributed by atoms with Gasteiger partial charge in [0.2, 0.25) is 5.82 Å². The largest absolute Gasteiger partial charge is 0.334 e. The molecule has 3 rings (SSSR count). The number of amides is 1. The van der Waals surface area contributed by atoms with Gasteiger partial charge in [0.15, 0.2) is 5.82 Å². The summed E-state index contributed by atoms with van der Waals surface area (Å²) in [5, 5.41) is 12.5. The van der Waals surface area contributed by atoms with Crippen LogP contribution in [0.1, 0.15) is 23.2 Å². The van der Waals surface area contributed by atoms with E-state index in [9.17, 15) is 4.79 Å². The molecule has 0 N–H and O–H groups in total. The Morgan fingerprint density at radius 3 is 2.63 bits per heavy atom. The minimum atomic E-state index is -0.0496. The number of likely N-dealkylation sites (N-methyl/N-ethyl adjacent to an activating group) is 1. The molecule has 0 unspecified atom stereocenters. The monoisotopic (exact) mass is 260 g/mol. The molecule has 0 aromatic carbocycles. The quantitative estimate of drug-likeness (QED) is 0.786. The molecule has 2 aromatic rings. The second-order valence-corrected chi connectivity index (χ2v) is 4.68. The number of aromatic nitrogens is 5. The van der Waals surface area contributed by atoms with Gasteiger partial charge < -0.3 is 4.90 Å². The zero-order chi connectivity index (χ0) is 13.6. The van der Waals surface area contributed by atoms with Crippen LogP contribution < -0.4 is 0 Å². The van der Waals surface area contributed by atoms with Crippen LogP contribution in [-0.2, 0) is 13.6 Å². The van der Waals surface area contributed by atoms with Gasteiger partial charge in [-0.15, -0.1) is 10.2 Å². The van der Waals surface area contributed by atoms with Gasteiger partial charge in [0.05, 0.1) is 5.69 Å². The van der Waals surface area contributed by atoms with Crippen molar-refractivity contribution < 1.29 is 4.79 Å². The lowest BCUT2D eigenvalue weighted by Gasteiger charge is -2.26. The Balaban J connectivity index is 2.08. The molecule has 0 saturated carbocycles. The Hall–Kier alpha value is -2.18. The van der Waals surface area contributed by atoms with E-state index in [1.165, 1.54) is 0 Å². The van der Waals surface area contributed by atoms with E-state index < -0.39 is 0 Å². The number of carbonyl (C=O) groups excluding carboxylic acids is 1. The molecule has 0 bridgehead atoms. The molecule has 7 heteroatoms. The summed E-state index contributed by atoms with van der Waals surface area (Å²) in [7, 11) is 1.87. The van der Waals surface area contributed by atoms with Gasteiger partial charge in [0.25, 0.3) is 5.91 Å². The summed E-state index contributed by atoms with van der Waals surface area (Å²) in [6.45, 7) is 6.02. The summed E-state index contributed by atoms with van der Waals surface area (Å²) in [4.78, 5) is 13.9. The van der Waals surface area contributed by atoms with Crippen molar-refractivity contribution in [1.82, 2.24) is 29.4 Å². The molecular formula is C12H16N6O. The van der Waals surface area contributed by atoms with Crippen molar-refractivity contribution in [2.45, 2.75) is 20.4 Å². The highest BCUT2D eigenvalue weighted by Gasteiger charge is 2.29. The van der Waals surface area contributed by atoms with Crippen LogP contribution in [0.15, 0.2) is 6.07 Å². The van der Waals surface area contributed by atoms with Crippen LogP contribution in [0.4, 0.5) is 0 Å². The predicted molar refractivity (Wildman–Crippen MR) is 68.5 cm³/mol. The Morgan fingerprint density at radius 2 is 2.00 bits per heavy atom. The van der Waals surface area contributed by atoms with E-state index in [0.717, 1.165) is 17.9 Å². The smallest absolute Gasteiger partial charge is 0.291 e. The van der Waals surface area contributed by atoms with Gasteiger partial charge >= 0.3 is 0 Å². The third-order valence-electron chi connectivity index (χ3n) is 3.44. The zero-order valence-corrected chi connectivity index (χ0v) is 11.3. The lowest BCUT2D eigenvalue weighted by Crippen LogP contribution is -2.40. The molecule has 0 radical (unpaired) electrons. The summed E-state index contributed by atoms with van der Waals surface area (Å²) in [5.41, 5.74) is 1.81. The molecule has 0 spiro atoms. The number of hydrogen-bond acceptors (Lipinski definition) is 4. The molecule has 0 aliphatic carbocycles. The van der Waals surface area contributed by atoms with Crippen LogP contribution in [0.25, 0.3) is 11.5 Å². The molecule has 0 atom stereocenters. The Kier molecular flexibility index (Phi) is 2.62. The van der Waals surface area contributed by atoms with Crippen molar-refractivity contribution in [3.63, 3.8) is 0 Å². The number of nitrogens with zero attached hydrogens (tertiary/aromatic N) is 6. The molecule has 0 fully saturated rings. The molecule has 100 valence electrons. The molecule has 3 heterocycles. The van der Waals surface area contributed by atoms with Crippen LogP contribution in [0.3, 0.4) is 0 Å². The average Bonchev–Trinajstić information content (AvgIpc) is 2.93. The maximum Gasteiger partial charge on any atom is 0.291 e. The Morgan fingerprint density at radius 1 is 1.26 bits per heavy atom. The first kappa shape index (κ1) is 11.9. The van der Waals surface area contributed by atoms with Gasteiger partial charge in [0.1, 0.15) is 5.69 Å². The highest BCUT2D eigenvalue weighted by Crippen LogP contribution is 2.21. The zero-order valence-electron chi connectivity index (χ0n) is 11.3. The van der Waals surface area contributed by atoms with E-state index >= 15 is 0 Å². The number of aryl methyl sites for hydroxylation is 2. The molecule has 19 heavy (non-hydrogen) atoms. The maximum atomic E-state index is 12.2. The van der Waals surface area contributed by atoms with Crippen LogP contribution in [0.5, 0.6) is 0 Å². The van der Waals surface area contributed by atoms with E-state index in [-0.39, 0.29) is 5.91 Å². The lowest BCUT2D eigenvalue weighted by molar-refractivity contribution is 0.0707. The first-order chi connectivity index (χ1) is 9.11. The molecule has 1 amide bonds. The van der Waals surface area contributed by atoms with E-state index in [2.05, 4.69) is 15.3 Å². The molecular weight excluding hydrogens is 244 g/mol. The van der Waals surface area contributed by atoms with Crippen LogP contribution in [-0.4, -0.2) is 48.4 Å². The second kappa shape index (κ2) is 4.18. The summed E-state index contributed by atoms with van der Waals surface area (Å²) in [5.74, 6) is 1.08. The fourth-order valence-electron chi connectivity index (χ4n) is 2.45. The van der Waals surface area contributed by atoms with Crippen molar-refractivity contribution in [2.24, 2.45) is 7.05 Å². The first-order valence-electron chi connectivity index (χ1n) is 6.35. The summed E-state index contributed by atoms with van der Waals surface area (Å²) >= 11 is 0. The fourth-order valence-corrected chi connectivity index (χ4v) is 2.45. The van der Waals surface area contributed by atoms with Crippen LogP contribution >= 0.6 is 0 Å². The van der Waals surface area contributed by atoms with Gasteiger partial charge in [-0.1, -0.05) is 0 Å². The predicted octanol–water partition coefficient (Wildman–Crippen LogP) is 0.463. The van der Waals surface area contributed by atoms with Crippen molar-refractivity contribution in [2.75, 3.05) is 13.1 Å². The van der Waals surface area contributed by atoms with Gasteiger partial charge in [-0.2, -0.15) is 5.10 Å². The summed E-state index contributed by atoms with van der Waals surface area (Å²) in [6, 6.07) is 1.95. The van der Waals surface area contributed by atoms with Crippen molar-refractivity contribution >= 4 is 5.91 Å². The minimum absolute atomic E-state index is 0.0496. The number of hydrogen-bond donors (Lipinski definition) is 0. The molecule has 2 aromatic heterocycles. The van der Waals surface area contributed by atoms with E-state index in [1.54, 1.807) is 9.58 Å². The molecule has 7 nitrogen and oxygen atoms in total. The lowest BCUT2D eigenvalue weighted by atomic mass is 10.3. The summed E-state index contributed by atoms with van der Waals surface area (Å²) < 4.78 is 3.65. The third-order valence-corrected chi connectivity index (χ3v) is 3.44. The van der Waals surface area contributed by atoms with Gasteiger partial charge in [-0.3, -0.25) is 14.0 Å². The SMILES string of the molecule is CCN1CCn2c(nnc2-c2cc(C)nn2C)C1=O. The number of fused-ring (bicyclic) bond motifs is 1. The Labute approximate surface area is 110 Å². The molecule has 1 aliphatic heterocycles.